The molecule has 3 saturated carbocycles. The van der Waals surface area contributed by atoms with Crippen LogP contribution in [0.1, 0.15) is 122 Å². The van der Waals surface area contributed by atoms with Crippen LogP contribution < -0.4 is 0 Å². The van der Waals surface area contributed by atoms with Crippen LogP contribution in [-0.4, -0.2) is 88.9 Å². The van der Waals surface area contributed by atoms with E-state index in [1.54, 1.807) is 18.2 Å². The number of carbonyl (C=O) groups excluding carboxylic acids is 6. The first kappa shape index (κ1) is 49.3. The van der Waals surface area contributed by atoms with Crippen molar-refractivity contribution >= 4 is 248 Å². The molecule has 0 radical (unpaired) electrons. The van der Waals surface area contributed by atoms with Crippen LogP contribution in [-0.2, 0) is 124 Å². The van der Waals surface area contributed by atoms with Gasteiger partial charge in [0.25, 0.3) is 0 Å². The normalized spacial score (nSPS) is 30.3. The van der Waals surface area contributed by atoms with Gasteiger partial charge in [0.15, 0.2) is 16.2 Å². The lowest BCUT2D eigenvalue weighted by molar-refractivity contribution is -0.169. The van der Waals surface area contributed by atoms with Crippen molar-refractivity contribution in [2.45, 2.75) is 90.8 Å². The molecule has 6 spiro atoms. The summed E-state index contributed by atoms with van der Waals surface area (Å²) in [6, 6.07) is 5.22. The van der Waals surface area contributed by atoms with Gasteiger partial charge >= 0.3 is 53.7 Å². The van der Waals surface area contributed by atoms with Crippen LogP contribution >= 0.6 is 0 Å². The van der Waals surface area contributed by atoms with E-state index < -0.39 is 122 Å². The number of aliphatic carboxylic acids is 3. The van der Waals surface area contributed by atoms with E-state index in [9.17, 15) is 29.7 Å². The smallest absolute Gasteiger partial charge is 0.326 e. The van der Waals surface area contributed by atoms with E-state index in [1.165, 1.54) is 32.3 Å². The van der Waals surface area contributed by atoms with Gasteiger partial charge in [0.1, 0.15) is 19.8 Å². The Kier molecular flexibility index (Phi) is 5.54. The molecule has 9 atom stereocenters. The van der Waals surface area contributed by atoms with E-state index in [1.807, 2.05) is 0 Å². The molecule has 6 aliphatic heterocycles. The number of carboxylic acid groups (broad SMARTS) is 3. The molecule has 18 nitrogen and oxygen atoms in total. The quantitative estimate of drug-likeness (QED) is 0.0283. The first-order valence-corrected chi connectivity index (χ1v) is 37.8. The summed E-state index contributed by atoms with van der Waals surface area (Å²) in [6.07, 6.45) is -1.22. The third-order valence-corrected chi connectivity index (χ3v) is 34.5. The van der Waals surface area contributed by atoms with Crippen molar-refractivity contribution < 1.29 is 86.9 Å². The maximum Gasteiger partial charge on any atom is 0.326 e. The summed E-state index contributed by atoms with van der Waals surface area (Å²) in [7, 11) is 0. The van der Waals surface area contributed by atoms with Crippen LogP contribution in [0, 0.1) is 16.2 Å². The number of ether oxygens (including phenoxy) is 6. The van der Waals surface area contributed by atoms with Gasteiger partial charge in [0.2, 0.25) is 0 Å². The molecule has 21 aliphatic rings. The standard InChI is InChI=1S/C90H30O18/c91-19(92)4-1-7-103-76(97)88-79(100)106-13-16-10-17-12-18(11-16)15-108-81(102)90(78(99)105-9-3-6-21(95)96)84-66-48-39-30-24-26-22-25-23-27(24)33-38-29(23)34-40-31(25)37-28(22)35-41(32(26)39)50(66)56-43(35)52-46(37)64-49(40)55-44(34)53-47(38)65-51-42(33)36(30)45-54(48)69(84)60-63-74-61-58(71(56)86(74,84)90)67(52)82(64,88)85(88)70(55)59-62(73(61)85)75(63)87(72(60)57(45)51)83(65,68(53)59)89(87,80(101)107-14-17)77(98)104-8-2-5-20(93)94/h10-12H,1-9,13-15H2,(H,91,92)(H,93,94)(H,95,96). The number of hydrogen-bond acceptors (Lipinski definition) is 15. The molecule has 18 heteroatoms. The van der Waals surface area contributed by atoms with Crippen molar-refractivity contribution in [3.05, 3.63) is 102 Å². The van der Waals surface area contributed by atoms with Crippen molar-refractivity contribution in [3.63, 3.8) is 0 Å². The topological polar surface area (TPSA) is 270 Å². The number of benzene rings is 15. The highest BCUT2D eigenvalue weighted by Gasteiger charge is 3.10. The third kappa shape index (κ3) is 2.97. The minimum absolute atomic E-state index is 0.0734. The molecule has 0 aromatic heterocycles. The fourth-order valence-electron chi connectivity index (χ4n) is 34.1. The van der Waals surface area contributed by atoms with Crippen LogP contribution in [0.5, 0.6) is 0 Å². The summed E-state index contributed by atoms with van der Waals surface area (Å²) in [4.78, 5) is 147. The van der Waals surface area contributed by atoms with E-state index in [4.69, 9.17) is 28.4 Å². The van der Waals surface area contributed by atoms with Gasteiger partial charge < -0.3 is 43.7 Å². The van der Waals surface area contributed by atoms with Gasteiger partial charge in [-0.1, -0.05) is 0 Å². The van der Waals surface area contributed by atoms with Crippen LogP contribution in [0.3, 0.4) is 0 Å². The van der Waals surface area contributed by atoms with Crippen molar-refractivity contribution in [3.8, 4) is 33.4 Å². The molecule has 3 N–H and O–H groups in total. The summed E-state index contributed by atoms with van der Waals surface area (Å²) < 4.78 is 42.6. The number of hydrogen-bond donors (Lipinski definition) is 3. The molecule has 108 heavy (non-hydrogen) atoms. The second-order valence-electron chi connectivity index (χ2n) is 35.8. The first-order chi connectivity index (χ1) is 52.7. The Morgan fingerprint density at radius 3 is 0.657 bits per heavy atom. The molecule has 3 fully saturated rings. The molecule has 0 saturated heterocycles. The van der Waals surface area contributed by atoms with Gasteiger partial charge in [-0.2, -0.15) is 0 Å². The average Bonchev–Trinajstić information content (AvgIpc) is 1.33. The molecule has 498 valence electrons. The number of rotatable bonds is 15. The van der Waals surface area contributed by atoms with Crippen LogP contribution in [0.25, 0.3) is 227 Å². The van der Waals surface area contributed by atoms with Crippen LogP contribution in [0.2, 0.25) is 0 Å². The van der Waals surface area contributed by atoms with Crippen molar-refractivity contribution in [1.82, 2.24) is 0 Å². The van der Waals surface area contributed by atoms with Gasteiger partial charge in [0.05, 0.1) is 52.3 Å². The molecule has 9 unspecified atom stereocenters. The molecule has 42 rings (SSSR count). The van der Waals surface area contributed by atoms with Crippen LogP contribution in [0.15, 0.2) is 18.2 Å². The Morgan fingerprint density at radius 1 is 0.269 bits per heavy atom. The van der Waals surface area contributed by atoms with Gasteiger partial charge in [-0.05, 0) is 348 Å². The Bertz CT molecular complexity index is 8100. The molecule has 27 bridgehead atoms. The zero-order chi connectivity index (χ0) is 69.5. The van der Waals surface area contributed by atoms with Crippen molar-refractivity contribution in [2.24, 2.45) is 16.2 Å². The Labute approximate surface area is 593 Å². The highest BCUT2D eigenvalue weighted by molar-refractivity contribution is 6.76. The summed E-state index contributed by atoms with van der Waals surface area (Å²) in [5.41, 5.74) is -3.89. The number of esters is 6. The van der Waals surface area contributed by atoms with Gasteiger partial charge in [-0.15, -0.1) is 0 Å². The van der Waals surface area contributed by atoms with E-state index in [0.717, 1.165) is 212 Å². The van der Waals surface area contributed by atoms with E-state index in [-0.39, 0.29) is 58.3 Å². The fourth-order valence-corrected chi connectivity index (χ4v) is 34.1. The van der Waals surface area contributed by atoms with Gasteiger partial charge in [0, 0.05) is 19.3 Å². The lowest BCUT2D eigenvalue weighted by Crippen LogP contribution is -2.40. The Hall–Kier alpha value is -12.6. The molecule has 15 aliphatic carbocycles. The van der Waals surface area contributed by atoms with E-state index in [0.29, 0.717) is 66.8 Å². The zero-order valence-electron chi connectivity index (χ0n) is 55.2. The van der Waals surface area contributed by atoms with Gasteiger partial charge in [-0.3, -0.25) is 43.2 Å². The number of carboxylic acids is 3. The summed E-state index contributed by atoms with van der Waals surface area (Å²) in [5, 5.41) is 68.3. The maximum absolute atomic E-state index is 18.3. The first-order valence-electron chi connectivity index (χ1n) is 37.8. The van der Waals surface area contributed by atoms with Gasteiger partial charge in [-0.25, -0.2) is 0 Å². The fraction of sp³-hybridized carbons (Fsp3) is 0.233. The lowest BCUT2D eigenvalue weighted by Gasteiger charge is -2.35. The molecule has 21 aromatic carbocycles. The Morgan fingerprint density at radius 2 is 0.444 bits per heavy atom. The molecule has 21 aromatic rings. The van der Waals surface area contributed by atoms with Crippen LogP contribution in [0.4, 0.5) is 0 Å². The lowest BCUT2D eigenvalue weighted by atomic mass is 9.65. The third-order valence-electron chi connectivity index (χ3n) is 34.5. The predicted octanol–water partition coefficient (Wildman–Crippen LogP) is 13.4. The summed E-state index contributed by atoms with van der Waals surface area (Å²) in [5.74, 6) is -8.35. The van der Waals surface area contributed by atoms with E-state index in [2.05, 4.69) is 0 Å². The SMILES string of the molecule is O=C(O)CCCOC(=O)C12C(=O)OCc3cc4cc(c3)COC(=O)C3(C(=O)OCCCC(=O)O)C56c7c8c9c%10c%11c7-c7c%12c%13c%14c%15c%16c%17c(c-%10c%10c%18c%19c%20c%21c%22c(c-8c5c5c8c%23c%24c(c7C%2336)c%13c3c%14c6c%16c7c(c%18%17)c%19c%13c%21c%14c(c5%22)c8c5c%24c3c3c6c7c%13c%14c53)C%203C(C(=O)OCCCC(=O)O)(C(=O)OC4)C9%103)C%151C%11%122. The average molecular weight is 1400 g/mol. The molecular formula is C90H30O18. The molecule has 0 amide bonds. The highest BCUT2D eigenvalue weighted by atomic mass is 16.6. The minimum Gasteiger partial charge on any atom is -0.481 e. The van der Waals surface area contributed by atoms with Crippen molar-refractivity contribution in [1.29, 1.82) is 0 Å². The summed E-state index contributed by atoms with van der Waals surface area (Å²) >= 11 is 0. The molecular weight excluding hydrogens is 1370 g/mol. The predicted molar refractivity (Wildman–Crippen MR) is 384 cm³/mol. The molecule has 6 heterocycles. The maximum atomic E-state index is 18.3. The zero-order valence-corrected chi connectivity index (χ0v) is 55.2. The second kappa shape index (κ2) is 12.2. The second-order valence-corrected chi connectivity index (χ2v) is 35.8. The van der Waals surface area contributed by atoms with Crippen molar-refractivity contribution in [2.75, 3.05) is 19.8 Å². The number of carbonyl (C=O) groups is 9. The minimum atomic E-state index is -2.38. The monoisotopic (exact) mass is 1400 g/mol. The summed E-state index contributed by atoms with van der Waals surface area (Å²) in [6.45, 7) is -2.44. The largest absolute Gasteiger partial charge is 0.481 e. The van der Waals surface area contributed by atoms with E-state index >= 15 is 28.8 Å². The Balaban J connectivity index is 0.889. The highest BCUT2D eigenvalue weighted by Crippen LogP contribution is 3.07.